The smallest absolute Gasteiger partial charge is 0.426 e. The van der Waals surface area contributed by atoms with E-state index in [0.717, 1.165) is 12.1 Å². The molecule has 1 saturated heterocycles. The molecule has 2 unspecified atom stereocenters. The van der Waals surface area contributed by atoms with E-state index in [2.05, 4.69) is 10.1 Å². The van der Waals surface area contributed by atoms with Crippen LogP contribution in [0.3, 0.4) is 0 Å². The van der Waals surface area contributed by atoms with Crippen LogP contribution in [0.25, 0.3) is 0 Å². The van der Waals surface area contributed by atoms with E-state index in [4.69, 9.17) is 39.5 Å². The Hall–Kier alpha value is -1.78. The summed E-state index contributed by atoms with van der Waals surface area (Å²) in [6.45, 7) is -0.142. The van der Waals surface area contributed by atoms with E-state index in [1.165, 1.54) is 17.0 Å². The molecular formula is C20H17Cl3F4N2O3. The minimum Gasteiger partial charge on any atom is -0.435 e. The van der Waals surface area contributed by atoms with Crippen molar-refractivity contribution in [2.75, 3.05) is 31.6 Å². The number of ether oxygens (including phenoxy) is 2. The molecule has 0 radical (unpaired) electrons. The lowest BCUT2D eigenvalue weighted by Crippen LogP contribution is -2.48. The van der Waals surface area contributed by atoms with E-state index < -0.39 is 36.8 Å². The van der Waals surface area contributed by atoms with Crippen LogP contribution in [0, 0.1) is 5.82 Å². The Labute approximate surface area is 196 Å². The molecule has 2 atom stereocenters. The van der Waals surface area contributed by atoms with Crippen LogP contribution in [-0.4, -0.2) is 49.5 Å². The number of hydrogen-bond donors (Lipinski definition) is 1. The van der Waals surface area contributed by atoms with Crippen LogP contribution < -0.4 is 5.32 Å². The highest BCUT2D eigenvalue weighted by molar-refractivity contribution is 6.34. The first-order chi connectivity index (χ1) is 15.0. The van der Waals surface area contributed by atoms with Gasteiger partial charge < -0.3 is 9.47 Å². The summed E-state index contributed by atoms with van der Waals surface area (Å²) in [5.74, 6) is -0.836. The summed E-state index contributed by atoms with van der Waals surface area (Å²) in [4.78, 5) is 13.5. The van der Waals surface area contributed by atoms with Crippen LogP contribution in [0.4, 0.5) is 28.0 Å². The van der Waals surface area contributed by atoms with E-state index >= 15 is 0 Å². The molecule has 5 nitrogen and oxygen atoms in total. The summed E-state index contributed by atoms with van der Waals surface area (Å²) in [6.07, 6.45) is -9.17. The summed E-state index contributed by atoms with van der Waals surface area (Å²) in [6, 6.07) is 8.04. The number of carbonyl (C=O) groups excluding carboxylic acids is 1. The Morgan fingerprint density at radius 2 is 1.88 bits per heavy atom. The number of morpholine rings is 1. The number of carbonyl (C=O) groups is 1. The molecule has 32 heavy (non-hydrogen) atoms. The largest absolute Gasteiger partial charge is 0.435 e. The molecule has 0 spiro atoms. The topological polar surface area (TPSA) is 50.8 Å². The predicted octanol–water partition coefficient (Wildman–Crippen LogP) is 6.34. The number of rotatable bonds is 5. The first-order valence-electron chi connectivity index (χ1n) is 9.30. The third kappa shape index (κ3) is 6.86. The van der Waals surface area contributed by atoms with Crippen molar-refractivity contribution in [3.8, 4) is 0 Å². The molecular weight excluding hydrogens is 499 g/mol. The Balaban J connectivity index is 1.65. The van der Waals surface area contributed by atoms with Crippen molar-refractivity contribution in [3.63, 3.8) is 0 Å². The highest BCUT2D eigenvalue weighted by Crippen LogP contribution is 2.30. The van der Waals surface area contributed by atoms with E-state index in [1.807, 2.05) is 0 Å². The molecule has 1 N–H and O–H groups in total. The van der Waals surface area contributed by atoms with Gasteiger partial charge in [-0.3, -0.25) is 10.2 Å². The molecule has 174 valence electrons. The number of alkyl halides is 3. The lowest BCUT2D eigenvalue weighted by molar-refractivity contribution is -0.209. The average Bonchev–Trinajstić information content (AvgIpc) is 2.69. The molecule has 0 aliphatic carbocycles. The molecule has 12 heteroatoms. The van der Waals surface area contributed by atoms with Gasteiger partial charge in [0, 0.05) is 35.4 Å². The molecule has 2 aromatic carbocycles. The lowest BCUT2D eigenvalue weighted by atomic mass is 10.1. The summed E-state index contributed by atoms with van der Waals surface area (Å²) in [7, 11) is 0. The molecule has 1 heterocycles. The van der Waals surface area contributed by atoms with Crippen LogP contribution in [0.1, 0.15) is 11.7 Å². The van der Waals surface area contributed by atoms with Crippen molar-refractivity contribution in [2.45, 2.75) is 18.4 Å². The number of nitrogens with zero attached hydrogens (tertiary/aromatic N) is 1. The highest BCUT2D eigenvalue weighted by atomic mass is 35.5. The second-order valence-corrected chi connectivity index (χ2v) is 8.29. The summed E-state index contributed by atoms with van der Waals surface area (Å²) in [5.41, 5.74) is 0.529. The maximum atomic E-state index is 13.5. The van der Waals surface area contributed by atoms with Crippen LogP contribution in [0.5, 0.6) is 0 Å². The molecule has 2 aromatic rings. The molecule has 0 saturated carbocycles. The summed E-state index contributed by atoms with van der Waals surface area (Å²) < 4.78 is 64.4. The van der Waals surface area contributed by atoms with Gasteiger partial charge in [-0.1, -0.05) is 34.8 Å². The highest BCUT2D eigenvalue weighted by Gasteiger charge is 2.44. The van der Waals surface area contributed by atoms with E-state index in [1.54, 1.807) is 12.1 Å². The zero-order valence-corrected chi connectivity index (χ0v) is 18.5. The van der Waals surface area contributed by atoms with Gasteiger partial charge in [0.15, 0.2) is 0 Å². The molecule has 0 bridgehead atoms. The molecule has 1 fully saturated rings. The normalized spacial score (nSPS) is 18.3. The predicted molar refractivity (Wildman–Crippen MR) is 113 cm³/mol. The Kier molecular flexibility index (Phi) is 8.11. The van der Waals surface area contributed by atoms with E-state index in [0.29, 0.717) is 15.6 Å². The van der Waals surface area contributed by atoms with Gasteiger partial charge in [0.2, 0.25) is 6.10 Å². The number of halogens is 7. The maximum Gasteiger partial charge on any atom is 0.426 e. The zero-order valence-electron chi connectivity index (χ0n) is 16.3. The fourth-order valence-corrected chi connectivity index (χ4v) is 3.78. The number of hydrogen-bond acceptors (Lipinski definition) is 4. The minimum absolute atomic E-state index is 0.0953. The molecule has 1 amide bonds. The fourth-order valence-electron chi connectivity index (χ4n) is 3.12. The van der Waals surface area contributed by atoms with E-state index in [9.17, 15) is 22.4 Å². The van der Waals surface area contributed by atoms with Crippen molar-refractivity contribution in [3.05, 3.63) is 62.8 Å². The molecule has 1 aliphatic heterocycles. The number of anilines is 1. The first kappa shape index (κ1) is 24.9. The van der Waals surface area contributed by atoms with Gasteiger partial charge in [-0.2, -0.15) is 13.2 Å². The van der Waals surface area contributed by atoms with Crippen molar-refractivity contribution in [1.29, 1.82) is 0 Å². The summed E-state index contributed by atoms with van der Waals surface area (Å²) >= 11 is 17.5. The SMILES string of the molecule is O=C(Nc1ccc(Cl)c(F)c1)OC(CN1CCOC(c2cc(Cl)cc(Cl)c2)C1)C(F)(F)F. The minimum atomic E-state index is -4.82. The second-order valence-electron chi connectivity index (χ2n) is 7.01. The zero-order chi connectivity index (χ0) is 23.5. The second kappa shape index (κ2) is 10.4. The number of nitrogens with one attached hydrogen (secondary N) is 1. The van der Waals surface area contributed by atoms with Gasteiger partial charge in [0.1, 0.15) is 5.82 Å². The van der Waals surface area contributed by atoms with Crippen molar-refractivity contribution >= 4 is 46.6 Å². The number of benzene rings is 2. The Bertz CT molecular complexity index is 957. The number of amides is 1. The van der Waals surface area contributed by atoms with Gasteiger partial charge in [0.05, 0.1) is 17.7 Å². The third-order valence-electron chi connectivity index (χ3n) is 4.61. The maximum absolute atomic E-state index is 13.5. The third-order valence-corrected chi connectivity index (χ3v) is 5.35. The molecule has 1 aliphatic rings. The fraction of sp³-hybridized carbons (Fsp3) is 0.350. The van der Waals surface area contributed by atoms with Gasteiger partial charge in [0.25, 0.3) is 0 Å². The van der Waals surface area contributed by atoms with E-state index in [-0.39, 0.29) is 30.4 Å². The van der Waals surface area contributed by atoms with Crippen LogP contribution in [0.2, 0.25) is 15.1 Å². The quantitative estimate of drug-likeness (QED) is 0.472. The van der Waals surface area contributed by atoms with Crippen LogP contribution >= 0.6 is 34.8 Å². The summed E-state index contributed by atoms with van der Waals surface area (Å²) in [5, 5.41) is 2.62. The van der Waals surface area contributed by atoms with Gasteiger partial charge in [-0.05, 0) is 42.0 Å². The van der Waals surface area contributed by atoms with Crippen molar-refractivity contribution in [1.82, 2.24) is 4.90 Å². The van der Waals surface area contributed by atoms with Crippen molar-refractivity contribution < 1.29 is 31.8 Å². The molecule has 0 aromatic heterocycles. The standard InChI is InChI=1S/C20H17Cl3F4N2O3/c21-12-5-11(6-13(22)7-12)17-9-29(3-4-31-17)10-18(20(25,26)27)32-19(30)28-14-1-2-15(23)16(24)8-14/h1-2,5-8,17-18H,3-4,9-10H2,(H,28,30). The Morgan fingerprint density at radius 3 is 2.50 bits per heavy atom. The lowest BCUT2D eigenvalue weighted by Gasteiger charge is -2.35. The molecule has 3 rings (SSSR count). The van der Waals surface area contributed by atoms with Crippen LogP contribution in [-0.2, 0) is 9.47 Å². The van der Waals surface area contributed by atoms with Crippen LogP contribution in [0.15, 0.2) is 36.4 Å². The van der Waals surface area contributed by atoms with Crippen molar-refractivity contribution in [2.24, 2.45) is 0 Å². The van der Waals surface area contributed by atoms with Gasteiger partial charge >= 0.3 is 12.3 Å². The Morgan fingerprint density at radius 1 is 1.19 bits per heavy atom. The monoisotopic (exact) mass is 514 g/mol. The first-order valence-corrected chi connectivity index (χ1v) is 10.4. The van der Waals surface area contributed by atoms with Gasteiger partial charge in [-0.25, -0.2) is 9.18 Å². The van der Waals surface area contributed by atoms with Gasteiger partial charge in [-0.15, -0.1) is 0 Å². The average molecular weight is 516 g/mol.